The first-order chi connectivity index (χ1) is 8.49. The maximum absolute atomic E-state index is 11.7. The molecule has 0 aromatic carbocycles. The lowest BCUT2D eigenvalue weighted by Crippen LogP contribution is -2.27. The topological polar surface area (TPSA) is 70.8 Å². The van der Waals surface area contributed by atoms with E-state index in [2.05, 4.69) is 0 Å². The largest absolute Gasteiger partial charge is 0.481 e. The van der Waals surface area contributed by atoms with Crippen LogP contribution in [0.3, 0.4) is 0 Å². The molecular formula is C12H17NO4S. The molecule has 1 N–H and O–H groups in total. The number of carboxylic acid groups (broad SMARTS) is 1. The van der Waals surface area contributed by atoms with E-state index in [1.807, 2.05) is 19.1 Å². The van der Waals surface area contributed by atoms with Crippen LogP contribution >= 0.6 is 11.8 Å². The van der Waals surface area contributed by atoms with Crippen molar-refractivity contribution in [1.29, 1.82) is 0 Å². The van der Waals surface area contributed by atoms with E-state index in [9.17, 15) is 9.59 Å². The number of thioether (sulfide) groups is 1. The Labute approximate surface area is 110 Å². The molecule has 100 valence electrons. The quantitative estimate of drug-likeness (QED) is 0.765. The molecule has 1 amide bonds. The minimum Gasteiger partial charge on any atom is -0.481 e. The maximum atomic E-state index is 11.7. The molecule has 0 aliphatic rings. The van der Waals surface area contributed by atoms with Crippen molar-refractivity contribution in [2.75, 3.05) is 18.6 Å². The average Bonchev–Trinajstić information content (AvgIpc) is 2.69. The van der Waals surface area contributed by atoms with E-state index in [1.165, 1.54) is 11.8 Å². The van der Waals surface area contributed by atoms with Gasteiger partial charge in [-0.25, -0.2) is 0 Å². The van der Waals surface area contributed by atoms with Crippen LogP contribution in [-0.2, 0) is 16.1 Å². The molecule has 0 saturated heterocycles. The van der Waals surface area contributed by atoms with Crippen molar-refractivity contribution in [3.05, 3.63) is 23.7 Å². The third-order valence-electron chi connectivity index (χ3n) is 2.30. The Morgan fingerprint density at radius 2 is 2.17 bits per heavy atom. The van der Waals surface area contributed by atoms with Crippen LogP contribution in [0.2, 0.25) is 0 Å². The van der Waals surface area contributed by atoms with E-state index >= 15 is 0 Å². The molecular weight excluding hydrogens is 254 g/mol. The highest BCUT2D eigenvalue weighted by atomic mass is 32.2. The van der Waals surface area contributed by atoms with Crippen LogP contribution < -0.4 is 0 Å². The summed E-state index contributed by atoms with van der Waals surface area (Å²) >= 11 is 1.33. The van der Waals surface area contributed by atoms with Crippen molar-refractivity contribution in [2.24, 2.45) is 0 Å². The van der Waals surface area contributed by atoms with Crippen molar-refractivity contribution in [2.45, 2.75) is 19.9 Å². The zero-order valence-electron chi connectivity index (χ0n) is 10.5. The number of rotatable bonds is 7. The Morgan fingerprint density at radius 3 is 2.72 bits per heavy atom. The highest BCUT2D eigenvalue weighted by Gasteiger charge is 2.11. The number of carbonyl (C=O) groups is 2. The Hall–Kier alpha value is -1.43. The number of aryl methyl sites for hydroxylation is 1. The smallest absolute Gasteiger partial charge is 0.304 e. The number of hydrogen-bond acceptors (Lipinski definition) is 4. The molecule has 0 aliphatic heterocycles. The zero-order valence-corrected chi connectivity index (χ0v) is 11.3. The molecule has 0 fully saturated rings. The molecule has 0 radical (unpaired) electrons. The minimum atomic E-state index is -0.839. The number of amides is 1. The Bertz CT molecular complexity index is 416. The molecule has 0 spiro atoms. The molecule has 0 aliphatic carbocycles. The number of nitrogens with zero attached hydrogens (tertiary/aromatic N) is 1. The highest BCUT2D eigenvalue weighted by Crippen LogP contribution is 2.10. The first kappa shape index (κ1) is 14.6. The number of furan rings is 1. The monoisotopic (exact) mass is 271 g/mol. The molecule has 0 saturated carbocycles. The van der Waals surface area contributed by atoms with E-state index in [1.54, 1.807) is 11.9 Å². The van der Waals surface area contributed by atoms with Gasteiger partial charge in [0.1, 0.15) is 11.5 Å². The third kappa shape index (κ3) is 5.27. The van der Waals surface area contributed by atoms with Gasteiger partial charge in [-0.2, -0.15) is 11.8 Å². The molecule has 1 rings (SSSR count). The van der Waals surface area contributed by atoms with Crippen molar-refractivity contribution in [1.82, 2.24) is 4.90 Å². The van der Waals surface area contributed by atoms with Crippen LogP contribution in [0.5, 0.6) is 0 Å². The number of aliphatic carboxylic acids is 1. The number of carbonyl (C=O) groups excluding carboxylic acids is 1. The Kier molecular flexibility index (Phi) is 5.77. The van der Waals surface area contributed by atoms with Crippen molar-refractivity contribution < 1.29 is 19.1 Å². The normalized spacial score (nSPS) is 10.3. The molecule has 1 heterocycles. The van der Waals surface area contributed by atoms with Gasteiger partial charge < -0.3 is 14.4 Å². The summed E-state index contributed by atoms with van der Waals surface area (Å²) in [6, 6.07) is 3.70. The van der Waals surface area contributed by atoms with Crippen molar-refractivity contribution >= 4 is 23.6 Å². The van der Waals surface area contributed by atoms with Gasteiger partial charge in [0.2, 0.25) is 5.91 Å². The van der Waals surface area contributed by atoms with Gasteiger partial charge in [-0.05, 0) is 19.1 Å². The molecule has 6 heteroatoms. The second-order valence-corrected chi connectivity index (χ2v) is 5.06. The summed E-state index contributed by atoms with van der Waals surface area (Å²) < 4.78 is 5.38. The summed E-state index contributed by atoms with van der Waals surface area (Å²) in [5.41, 5.74) is 0. The third-order valence-corrected chi connectivity index (χ3v) is 3.24. The molecule has 1 aromatic rings. The maximum Gasteiger partial charge on any atom is 0.304 e. The fourth-order valence-corrected chi connectivity index (χ4v) is 2.18. The predicted octanol–water partition coefficient (Wildman–Crippen LogP) is 1.75. The highest BCUT2D eigenvalue weighted by molar-refractivity contribution is 7.99. The predicted molar refractivity (Wildman–Crippen MR) is 69.5 cm³/mol. The molecule has 5 nitrogen and oxygen atoms in total. The van der Waals surface area contributed by atoms with Gasteiger partial charge in [0.15, 0.2) is 0 Å². The van der Waals surface area contributed by atoms with Crippen LogP contribution in [0.25, 0.3) is 0 Å². The lowest BCUT2D eigenvalue weighted by Gasteiger charge is -2.15. The van der Waals surface area contributed by atoms with Crippen LogP contribution in [-0.4, -0.2) is 40.4 Å². The second kappa shape index (κ2) is 7.10. The molecule has 0 unspecified atom stereocenters. The summed E-state index contributed by atoms with van der Waals surface area (Å²) in [6.07, 6.45) is 0.0824. The lowest BCUT2D eigenvalue weighted by atomic mass is 10.4. The van der Waals surface area contributed by atoms with Crippen molar-refractivity contribution in [3.8, 4) is 0 Å². The van der Waals surface area contributed by atoms with E-state index < -0.39 is 5.97 Å². The van der Waals surface area contributed by atoms with Gasteiger partial charge in [-0.15, -0.1) is 0 Å². The zero-order chi connectivity index (χ0) is 13.5. The Morgan fingerprint density at radius 1 is 1.44 bits per heavy atom. The SMILES string of the molecule is Cc1ccc(CN(C)C(=O)CSCCC(=O)O)o1. The first-order valence-corrected chi connectivity index (χ1v) is 6.73. The fourth-order valence-electron chi connectivity index (χ4n) is 1.32. The van der Waals surface area contributed by atoms with Gasteiger partial charge in [-0.3, -0.25) is 9.59 Å². The van der Waals surface area contributed by atoms with Crippen molar-refractivity contribution in [3.63, 3.8) is 0 Å². The summed E-state index contributed by atoms with van der Waals surface area (Å²) in [4.78, 5) is 23.6. The summed E-state index contributed by atoms with van der Waals surface area (Å²) in [5, 5.41) is 8.46. The van der Waals surface area contributed by atoms with Crippen LogP contribution in [0.4, 0.5) is 0 Å². The van der Waals surface area contributed by atoms with Gasteiger partial charge in [0.05, 0.1) is 18.7 Å². The average molecular weight is 271 g/mol. The molecule has 0 atom stereocenters. The fraction of sp³-hybridized carbons (Fsp3) is 0.500. The summed E-state index contributed by atoms with van der Waals surface area (Å²) in [7, 11) is 1.71. The lowest BCUT2D eigenvalue weighted by molar-refractivity contribution is -0.136. The van der Waals surface area contributed by atoms with Gasteiger partial charge in [-0.1, -0.05) is 0 Å². The van der Waals surface area contributed by atoms with Crippen LogP contribution in [0.1, 0.15) is 17.9 Å². The summed E-state index contributed by atoms with van der Waals surface area (Å²) in [5.74, 6) is 1.45. The first-order valence-electron chi connectivity index (χ1n) is 5.58. The van der Waals surface area contributed by atoms with Crippen LogP contribution in [0.15, 0.2) is 16.5 Å². The standard InChI is InChI=1S/C12H17NO4S/c1-9-3-4-10(17-9)7-13(2)11(14)8-18-6-5-12(15)16/h3-4H,5-8H2,1-2H3,(H,15,16). The summed E-state index contributed by atoms with van der Waals surface area (Å²) in [6.45, 7) is 2.29. The van der Waals surface area contributed by atoms with E-state index in [4.69, 9.17) is 9.52 Å². The Balaban J connectivity index is 2.26. The van der Waals surface area contributed by atoms with Gasteiger partial charge >= 0.3 is 5.97 Å². The van der Waals surface area contributed by atoms with E-state index in [0.29, 0.717) is 18.1 Å². The minimum absolute atomic E-state index is 0.0283. The van der Waals surface area contributed by atoms with E-state index in [0.717, 1.165) is 11.5 Å². The van der Waals surface area contributed by atoms with Crippen LogP contribution in [0, 0.1) is 6.92 Å². The molecule has 18 heavy (non-hydrogen) atoms. The van der Waals surface area contributed by atoms with Gasteiger partial charge in [0.25, 0.3) is 0 Å². The van der Waals surface area contributed by atoms with Gasteiger partial charge in [0, 0.05) is 12.8 Å². The van der Waals surface area contributed by atoms with E-state index in [-0.39, 0.29) is 12.3 Å². The number of hydrogen-bond donors (Lipinski definition) is 1. The second-order valence-electron chi connectivity index (χ2n) is 3.96. The molecule has 0 bridgehead atoms. The number of carboxylic acids is 1. The molecule has 1 aromatic heterocycles.